The number of carbonyl (C=O) groups excluding carboxylic acids is 10. The van der Waals surface area contributed by atoms with Crippen molar-refractivity contribution in [2.75, 3.05) is 24.6 Å². The van der Waals surface area contributed by atoms with Crippen LogP contribution in [-0.2, 0) is 78.7 Å². The van der Waals surface area contributed by atoms with Crippen LogP contribution < -0.4 is 37.6 Å². The van der Waals surface area contributed by atoms with E-state index in [9.17, 15) is 52.4 Å². The van der Waals surface area contributed by atoms with Crippen LogP contribution in [0.2, 0.25) is 0 Å². The van der Waals surface area contributed by atoms with Gasteiger partial charge in [-0.25, -0.2) is 8.78 Å². The van der Waals surface area contributed by atoms with E-state index in [4.69, 9.17) is 5.73 Å². The van der Waals surface area contributed by atoms with Gasteiger partial charge < -0.3 is 52.4 Å². The zero-order valence-corrected chi connectivity index (χ0v) is 53.0. The van der Waals surface area contributed by atoms with Gasteiger partial charge in [-0.15, -0.1) is 0 Å². The average molecular weight is 1300 g/mol. The van der Waals surface area contributed by atoms with Crippen molar-refractivity contribution >= 4 is 98.9 Å². The quantitative estimate of drug-likeness (QED) is 0.110. The number of nitrogens with one attached hydrogen (secondary N) is 7. The summed E-state index contributed by atoms with van der Waals surface area (Å²) in [4.78, 5) is 148. The molecule has 9 atom stereocenters. The third kappa shape index (κ3) is 17.2. The second-order valence-electron chi connectivity index (χ2n) is 23.9. The Hall–Kier alpha value is -8.89. The molecule has 1 aliphatic carbocycles. The van der Waals surface area contributed by atoms with Crippen molar-refractivity contribution in [2.24, 2.45) is 11.7 Å². The van der Waals surface area contributed by atoms with Gasteiger partial charge in [0, 0.05) is 84.8 Å². The standard InChI is InChI=1S/C67H75F2N11O10S2/c1-37-58(81)29-46(27-47-33-72-52-20-19-49(69)31-51(47)52)63(86)77-54(28-45-16-15-44-17-18-48(68)30-50(44)45)67(90)79-22-5-9-56(79)64(87)75-39(3)62(85)76-53(26-40-11-13-41(32-70)14-12-40)66(89)80-23-6-10-57(80)65(88)78-55(60(71)83)36-92-35-43-8-4-7-42(25-43)34-91-24-21-59(82)73-38(2)61(84)74-37/h4,7-8,11-14,16-20,25,30-31,33,37-39,46,53-57,72H,5-6,9-10,15,21-24,26-29,34-36H2,1-3H3,(H2,71,83)(H,73,82)(H,74,84)(H,75,87)(H,76,85)(H,77,86)(H,78,88)/t37-,38+,39+,46-,53+,54+,55+,56+,57+/m1/s1. The van der Waals surface area contributed by atoms with Gasteiger partial charge in [0.2, 0.25) is 53.2 Å². The second kappa shape index (κ2) is 31.0. The van der Waals surface area contributed by atoms with Crippen molar-refractivity contribution in [3.8, 4) is 6.07 Å². The zero-order chi connectivity index (χ0) is 65.8. The minimum Gasteiger partial charge on any atom is -0.368 e. The van der Waals surface area contributed by atoms with Gasteiger partial charge in [0.15, 0.2) is 5.78 Å². The average Bonchev–Trinajstić information content (AvgIpc) is 2.08. The predicted octanol–water partition coefficient (Wildman–Crippen LogP) is 4.71. The number of rotatable bonds is 7. The Morgan fingerprint density at radius 2 is 1.27 bits per heavy atom. The smallest absolute Gasteiger partial charge is 0.246 e. The first-order valence-electron chi connectivity index (χ1n) is 30.8. The van der Waals surface area contributed by atoms with Crippen LogP contribution in [0.3, 0.4) is 0 Å². The van der Waals surface area contributed by atoms with Crippen molar-refractivity contribution in [3.63, 3.8) is 0 Å². The molecule has 9 amide bonds. The number of aromatic amines is 1. The Kier molecular flexibility index (Phi) is 22.7. The van der Waals surface area contributed by atoms with Gasteiger partial charge in [0.25, 0.3) is 0 Å². The summed E-state index contributed by atoms with van der Waals surface area (Å²) in [5, 5.41) is 26.4. The summed E-state index contributed by atoms with van der Waals surface area (Å²) < 4.78 is 29.7. The first-order chi connectivity index (χ1) is 44.1. The maximum absolute atomic E-state index is 15.3. The molecule has 21 nitrogen and oxygen atoms in total. The number of nitrogens with two attached hydrogens (primary N) is 1. The predicted molar refractivity (Wildman–Crippen MR) is 343 cm³/mol. The number of amides is 9. The Bertz CT molecular complexity index is 3730. The molecule has 3 aliphatic heterocycles. The van der Waals surface area contributed by atoms with Crippen LogP contribution in [0, 0.1) is 28.9 Å². The number of thioether (sulfide) groups is 2. The highest BCUT2D eigenvalue weighted by Gasteiger charge is 2.42. The van der Waals surface area contributed by atoms with Gasteiger partial charge in [-0.3, -0.25) is 47.9 Å². The van der Waals surface area contributed by atoms with Gasteiger partial charge in [-0.1, -0.05) is 48.5 Å². The van der Waals surface area contributed by atoms with E-state index in [0.29, 0.717) is 75.3 Å². The summed E-state index contributed by atoms with van der Waals surface area (Å²) in [5.41, 5.74) is 11.5. The summed E-state index contributed by atoms with van der Waals surface area (Å²) >= 11 is 2.86. The minimum absolute atomic E-state index is 0.0467. The van der Waals surface area contributed by atoms with E-state index in [1.807, 2.05) is 30.3 Å². The molecule has 4 aromatic carbocycles. The first kappa shape index (κ1) is 67.5. The van der Waals surface area contributed by atoms with Crippen molar-refractivity contribution < 1.29 is 56.7 Å². The van der Waals surface area contributed by atoms with Crippen molar-refractivity contribution in [1.82, 2.24) is 46.7 Å². The first-order valence-corrected chi connectivity index (χ1v) is 33.1. The van der Waals surface area contributed by atoms with Crippen LogP contribution in [0.1, 0.15) is 105 Å². The molecule has 0 saturated carbocycles. The highest BCUT2D eigenvalue weighted by atomic mass is 32.2. The molecule has 0 spiro atoms. The Labute approximate surface area is 539 Å². The highest BCUT2D eigenvalue weighted by molar-refractivity contribution is 7.98. The molecule has 4 aliphatic rings. The van der Waals surface area contributed by atoms with Crippen LogP contribution in [0.25, 0.3) is 16.5 Å². The van der Waals surface area contributed by atoms with E-state index in [1.54, 1.807) is 36.5 Å². The molecule has 0 radical (unpaired) electrons. The number of fused-ring (bicyclic) bond motifs is 6. The fraction of sp³-hybridized carbons (Fsp3) is 0.418. The lowest BCUT2D eigenvalue weighted by molar-refractivity contribution is -0.143. The molecule has 2 bridgehead atoms. The van der Waals surface area contributed by atoms with Crippen LogP contribution in [0.4, 0.5) is 8.78 Å². The summed E-state index contributed by atoms with van der Waals surface area (Å²) in [6.45, 7) is 4.51. The van der Waals surface area contributed by atoms with Crippen LogP contribution in [-0.4, -0.2) is 147 Å². The Morgan fingerprint density at radius 1 is 0.663 bits per heavy atom. The molecule has 484 valence electrons. The van der Waals surface area contributed by atoms with E-state index in [-0.39, 0.29) is 57.4 Å². The maximum Gasteiger partial charge on any atom is 0.246 e. The molecule has 2 saturated heterocycles. The van der Waals surface area contributed by atoms with E-state index in [1.165, 1.54) is 84.4 Å². The largest absolute Gasteiger partial charge is 0.368 e. The number of hydrogen-bond donors (Lipinski definition) is 8. The van der Waals surface area contributed by atoms with Gasteiger partial charge in [-0.2, -0.15) is 28.8 Å². The molecule has 4 heterocycles. The maximum atomic E-state index is 15.3. The summed E-state index contributed by atoms with van der Waals surface area (Å²) in [6.07, 6.45) is 4.12. The van der Waals surface area contributed by atoms with Crippen LogP contribution in [0.15, 0.2) is 97.2 Å². The number of hydrogen-bond acceptors (Lipinski definition) is 13. The minimum atomic E-state index is -1.42. The van der Waals surface area contributed by atoms with E-state index < -0.39 is 131 Å². The molecular weight excluding hydrogens is 1220 g/mol. The fourth-order valence-corrected chi connectivity index (χ4v) is 14.0. The highest BCUT2D eigenvalue weighted by Crippen LogP contribution is 2.34. The number of primary amides is 1. The summed E-state index contributed by atoms with van der Waals surface area (Å²) in [7, 11) is 0. The topological polar surface area (TPSA) is 315 Å². The Morgan fingerprint density at radius 3 is 1.96 bits per heavy atom. The van der Waals surface area contributed by atoms with Crippen LogP contribution in [0.5, 0.6) is 0 Å². The number of benzene rings is 4. The number of nitriles is 1. The summed E-state index contributed by atoms with van der Waals surface area (Å²) in [6, 6.07) is 14.9. The number of ketones is 1. The van der Waals surface area contributed by atoms with Crippen molar-refractivity contribution in [1.29, 1.82) is 5.26 Å². The van der Waals surface area contributed by atoms with Gasteiger partial charge in [0.05, 0.1) is 17.7 Å². The molecule has 2 fully saturated rings. The monoisotopic (exact) mass is 1300 g/mol. The number of aromatic nitrogens is 1. The number of H-pyrrole nitrogens is 1. The van der Waals surface area contributed by atoms with E-state index in [2.05, 4.69) is 43.0 Å². The van der Waals surface area contributed by atoms with Gasteiger partial charge in [-0.05, 0) is 141 Å². The molecule has 25 heteroatoms. The molecule has 5 aromatic rings. The number of Topliss-reactive ketones (excluding diaryl/α,β-unsaturated/α-hetero) is 1. The summed E-state index contributed by atoms with van der Waals surface area (Å²) in [5.74, 6) is -7.45. The van der Waals surface area contributed by atoms with Crippen molar-refractivity contribution in [3.05, 3.63) is 148 Å². The van der Waals surface area contributed by atoms with Gasteiger partial charge >= 0.3 is 0 Å². The molecular formula is C67H75F2N11O10S2. The van der Waals surface area contributed by atoms with Crippen molar-refractivity contribution in [2.45, 2.75) is 145 Å². The SMILES string of the molecule is C[C@@H]1NC(=O)CCSCc2cccc(c2)CSC[C@@H](C(N)=O)NC(=O)[C@@H]2CCCN2C(=O)[C@H](Cc2ccc(C#N)cc2)NC(=O)[C@H](C)NC(=O)[C@@H]2CCCN2C(=O)[C@H](CC2=CCc3ccc(F)cc32)NC(=O)[C@H](Cc2c[nH]c3ccc(F)cc23)CC(=O)[C@@H](C)NC1=O. The third-order valence-corrected chi connectivity index (χ3v) is 19.3. The molecule has 1 aromatic heterocycles. The number of allylic oxidation sites excluding steroid dienone is 1. The number of halogens is 2. The number of nitrogens with zero attached hydrogens (tertiary/aromatic N) is 3. The van der Waals surface area contributed by atoms with E-state index in [0.717, 1.165) is 16.7 Å². The molecule has 9 rings (SSSR count). The fourth-order valence-electron chi connectivity index (χ4n) is 12.1. The van der Waals surface area contributed by atoms with Crippen LogP contribution >= 0.6 is 23.5 Å². The molecule has 92 heavy (non-hydrogen) atoms. The zero-order valence-electron chi connectivity index (χ0n) is 51.3. The molecule has 9 N–H and O–H groups in total. The lowest BCUT2D eigenvalue weighted by Crippen LogP contribution is -2.59. The lowest BCUT2D eigenvalue weighted by Gasteiger charge is -2.31. The van der Waals surface area contributed by atoms with Gasteiger partial charge in [0.1, 0.15) is 53.9 Å². The molecule has 0 unspecified atom stereocenters. The lowest BCUT2D eigenvalue weighted by atomic mass is 9.90. The third-order valence-electron chi connectivity index (χ3n) is 17.2. The normalized spacial score (nSPS) is 25.0. The Balaban J connectivity index is 1.00. The van der Waals surface area contributed by atoms with E-state index >= 15 is 9.59 Å². The second-order valence-corrected chi connectivity index (χ2v) is 26.0. The number of carbonyl (C=O) groups is 10.